The number of hydrogen-bond acceptors (Lipinski definition) is 0. The van der Waals surface area contributed by atoms with E-state index in [9.17, 15) is 0 Å². The van der Waals surface area contributed by atoms with Gasteiger partial charge < -0.3 is 0 Å². The molecule has 1 radical (unpaired) electrons. The summed E-state index contributed by atoms with van der Waals surface area (Å²) >= 11 is 0. The van der Waals surface area contributed by atoms with Gasteiger partial charge in [0.2, 0.25) is 0 Å². The zero-order valence-corrected chi connectivity index (χ0v) is 4.09. The van der Waals surface area contributed by atoms with Crippen molar-refractivity contribution in [3.63, 3.8) is 0 Å². The van der Waals surface area contributed by atoms with Crippen LogP contribution in [0.5, 0.6) is 0 Å². The predicted molar refractivity (Wildman–Crippen MR) is 29.6 cm³/mol. The summed E-state index contributed by atoms with van der Waals surface area (Å²) in [7, 11) is -0.323. The number of hydrogen-bond donors (Lipinski definition) is 0. The minimum atomic E-state index is -0.323. The van der Waals surface area contributed by atoms with E-state index < -0.39 is 0 Å². The Labute approximate surface area is 36.3 Å². The zero-order chi connectivity index (χ0) is 4.28. The van der Waals surface area contributed by atoms with Gasteiger partial charge in [-0.15, -0.1) is 0 Å². The first-order chi connectivity index (χ1) is 2.27. The van der Waals surface area contributed by atoms with Crippen molar-refractivity contribution in [2.24, 2.45) is 0 Å². The molecule has 0 saturated carbocycles. The third-order valence-corrected chi connectivity index (χ3v) is 1.00. The van der Waals surface area contributed by atoms with Crippen LogP contribution in [-0.2, 0) is 0 Å². The second kappa shape index (κ2) is 2.58. The molecule has 0 heterocycles. The first-order valence-electron chi connectivity index (χ1n) is 1.47. The first-order valence-corrected chi connectivity index (χ1v) is 2.99. The van der Waals surface area contributed by atoms with Gasteiger partial charge in [-0.25, -0.2) is 0 Å². The molecule has 3 heteroatoms. The van der Waals surface area contributed by atoms with Crippen LogP contribution in [0.2, 0.25) is 0 Å². The SMILES string of the molecule is [B]=S(#B)CC. The van der Waals surface area contributed by atoms with Crippen molar-refractivity contribution >= 4 is 22.8 Å². The van der Waals surface area contributed by atoms with Crippen molar-refractivity contribution in [1.29, 1.82) is 0 Å². The molecule has 0 aromatic rings. The summed E-state index contributed by atoms with van der Waals surface area (Å²) in [4.78, 5) is 0. The average molecular weight is 82.8 g/mol. The van der Waals surface area contributed by atoms with Crippen LogP contribution in [0.3, 0.4) is 0 Å². The molecule has 0 aliphatic carbocycles. The van der Waals surface area contributed by atoms with E-state index in [1.54, 1.807) is 0 Å². The van der Waals surface area contributed by atoms with Gasteiger partial charge in [-0.05, 0) is 0 Å². The van der Waals surface area contributed by atoms with Crippen LogP contribution >= 0.6 is 9.56 Å². The fourth-order valence-electron chi connectivity index (χ4n) is 0. The van der Waals surface area contributed by atoms with Crippen molar-refractivity contribution in [2.45, 2.75) is 6.92 Å². The molecule has 0 nitrogen and oxygen atoms in total. The van der Waals surface area contributed by atoms with Gasteiger partial charge in [-0.2, -0.15) is 0 Å². The molecule has 0 aliphatic rings. The van der Waals surface area contributed by atoms with Gasteiger partial charge in [0.15, 0.2) is 0 Å². The Balaban J connectivity index is 3.39. The van der Waals surface area contributed by atoms with Crippen LogP contribution in [0.25, 0.3) is 0 Å². The molecule has 0 N–H and O–H groups in total. The molecule has 0 rings (SSSR count). The van der Waals surface area contributed by atoms with Gasteiger partial charge in [-0.3, -0.25) is 0 Å². The van der Waals surface area contributed by atoms with Gasteiger partial charge in [0, 0.05) is 0 Å². The molecule has 0 fully saturated rings. The third kappa shape index (κ3) is 4.35. The summed E-state index contributed by atoms with van der Waals surface area (Å²) < 4.78 is 0. The summed E-state index contributed by atoms with van der Waals surface area (Å²) in [6, 6.07) is 0. The molecule has 0 unspecified atom stereocenters. The monoisotopic (exact) mass is 83.0 g/mol. The van der Waals surface area contributed by atoms with Crippen molar-refractivity contribution in [3.8, 4) is 0 Å². The van der Waals surface area contributed by atoms with E-state index in [1.807, 2.05) is 6.92 Å². The van der Waals surface area contributed by atoms with Crippen LogP contribution < -0.4 is 0 Å². The van der Waals surface area contributed by atoms with Crippen LogP contribution in [0.4, 0.5) is 0 Å². The van der Waals surface area contributed by atoms with Crippen LogP contribution in [0.1, 0.15) is 6.92 Å². The van der Waals surface area contributed by atoms with Gasteiger partial charge in [0.05, 0.1) is 0 Å². The molecule has 0 amide bonds. The third-order valence-electron chi connectivity index (χ3n) is 0.333. The maximum absolute atomic E-state index is 5.10. The summed E-state index contributed by atoms with van der Waals surface area (Å²) in [5.74, 6) is 0.889. The summed E-state index contributed by atoms with van der Waals surface area (Å²) in [5.41, 5.74) is 0. The summed E-state index contributed by atoms with van der Waals surface area (Å²) in [6.45, 7) is 12.2. The molecule has 0 atom stereocenters. The van der Waals surface area contributed by atoms with Crippen molar-refractivity contribution < 1.29 is 0 Å². The molecule has 0 spiro atoms. The molecule has 0 aliphatic heterocycles. The van der Waals surface area contributed by atoms with E-state index in [0.29, 0.717) is 0 Å². The van der Waals surface area contributed by atoms with Gasteiger partial charge >= 0.3 is 35.5 Å². The Bertz CT molecular complexity index is 109. The minimum absolute atomic E-state index is 0.323. The first kappa shape index (κ1) is 5.35. The molecule has 25 valence electrons. The van der Waals surface area contributed by atoms with Crippen molar-refractivity contribution in [1.82, 2.24) is 0 Å². The Morgan fingerprint density at radius 3 is 2.00 bits per heavy atom. The Kier molecular flexibility index (Phi) is 2.76. The van der Waals surface area contributed by atoms with Gasteiger partial charge in [0.25, 0.3) is 0 Å². The van der Waals surface area contributed by atoms with E-state index in [0.717, 1.165) is 5.75 Å². The maximum atomic E-state index is 5.10. The summed E-state index contributed by atoms with van der Waals surface area (Å²) in [5, 5.41) is 0. The standard InChI is InChI=1S/C2H5B2S/c1-2-5(3)4/h2H2,1H3. The molecular weight excluding hydrogens is 77.7 g/mol. The predicted octanol–water partition coefficient (Wildman–Crippen LogP) is 0.442. The van der Waals surface area contributed by atoms with Crippen molar-refractivity contribution in [2.75, 3.05) is 5.75 Å². The van der Waals surface area contributed by atoms with E-state index in [4.69, 9.17) is 13.3 Å². The van der Waals surface area contributed by atoms with E-state index in [1.165, 1.54) is 0 Å². The normalized spacial score (nSPS) is 7.60. The fourth-order valence-corrected chi connectivity index (χ4v) is 0. The Hall–Kier alpha value is 0.350. The van der Waals surface area contributed by atoms with E-state index in [-0.39, 0.29) is 9.56 Å². The quantitative estimate of drug-likeness (QED) is 0.372. The molecule has 0 aromatic carbocycles. The molecule has 5 heavy (non-hydrogen) atoms. The second-order valence-electron chi connectivity index (χ2n) is 0.758. The summed E-state index contributed by atoms with van der Waals surface area (Å²) in [6.07, 6.45) is 0. The van der Waals surface area contributed by atoms with Gasteiger partial charge in [-0.1, -0.05) is 0 Å². The molecular formula is C2H5B2S. The zero-order valence-electron chi connectivity index (χ0n) is 3.27. The van der Waals surface area contributed by atoms with E-state index in [2.05, 4.69) is 0 Å². The topological polar surface area (TPSA) is 0 Å². The van der Waals surface area contributed by atoms with Crippen molar-refractivity contribution in [3.05, 3.63) is 0 Å². The number of rotatable bonds is 0. The second-order valence-corrected chi connectivity index (χ2v) is 2.27. The van der Waals surface area contributed by atoms with E-state index >= 15 is 0 Å². The average Bonchev–Trinajstić information content (AvgIpc) is 1.38. The Morgan fingerprint density at radius 2 is 2.00 bits per heavy atom. The van der Waals surface area contributed by atoms with Crippen LogP contribution in [0, 0.1) is 0 Å². The molecule has 0 saturated heterocycles. The fraction of sp³-hybridized carbons (Fsp3) is 1.00. The Morgan fingerprint density at radius 1 is 1.80 bits per heavy atom. The molecule has 0 aromatic heterocycles. The van der Waals surface area contributed by atoms with Crippen LogP contribution in [-0.4, -0.2) is 19.0 Å². The van der Waals surface area contributed by atoms with Gasteiger partial charge in [0.1, 0.15) is 0 Å². The van der Waals surface area contributed by atoms with Crippen LogP contribution in [0.15, 0.2) is 0 Å². The molecule has 0 bridgehead atoms.